The molecule has 1 fully saturated rings. The van der Waals surface area contributed by atoms with E-state index in [1.54, 1.807) is 17.0 Å². The molecule has 0 aromatic carbocycles. The molecule has 1 N–H and O–H groups in total. The molecule has 4 rings (SSSR count). The van der Waals surface area contributed by atoms with Gasteiger partial charge in [-0.2, -0.15) is 0 Å². The predicted octanol–water partition coefficient (Wildman–Crippen LogP) is 1.13. The van der Waals surface area contributed by atoms with Crippen LogP contribution in [0.3, 0.4) is 0 Å². The number of aromatic nitrogens is 3. The van der Waals surface area contributed by atoms with Crippen molar-refractivity contribution in [1.29, 1.82) is 0 Å². The van der Waals surface area contributed by atoms with Gasteiger partial charge in [0.15, 0.2) is 11.6 Å². The molecule has 0 aliphatic carbocycles. The third kappa shape index (κ3) is 3.23. The van der Waals surface area contributed by atoms with Crippen molar-refractivity contribution in [2.75, 3.05) is 13.1 Å². The fraction of sp³-hybridized carbons (Fsp3) is 0.556. The van der Waals surface area contributed by atoms with E-state index >= 15 is 0 Å². The van der Waals surface area contributed by atoms with Crippen LogP contribution in [-0.2, 0) is 17.9 Å². The van der Waals surface area contributed by atoms with Crippen molar-refractivity contribution >= 4 is 11.8 Å². The molecule has 2 aromatic heterocycles. The second-order valence-electron chi connectivity index (χ2n) is 7.51. The molecule has 0 radical (unpaired) electrons. The van der Waals surface area contributed by atoms with Gasteiger partial charge in [-0.25, -0.2) is 0 Å². The number of hydrogen-bond donors (Lipinski definition) is 1. The fourth-order valence-corrected chi connectivity index (χ4v) is 3.62. The number of carbonyl (C=O) groups is 2. The molecule has 4 heterocycles. The van der Waals surface area contributed by atoms with Crippen molar-refractivity contribution in [2.45, 2.75) is 52.0 Å². The van der Waals surface area contributed by atoms with Gasteiger partial charge >= 0.3 is 0 Å². The molecule has 27 heavy (non-hydrogen) atoms. The van der Waals surface area contributed by atoms with Crippen LogP contribution in [0.25, 0.3) is 0 Å². The summed E-state index contributed by atoms with van der Waals surface area (Å²) in [5, 5.41) is 11.0. The zero-order valence-electron chi connectivity index (χ0n) is 15.7. The van der Waals surface area contributed by atoms with Crippen LogP contribution in [0.4, 0.5) is 0 Å². The molecule has 0 saturated carbocycles. The molecule has 2 aromatic rings. The molecule has 1 saturated heterocycles. The highest BCUT2D eigenvalue weighted by Crippen LogP contribution is 2.33. The molecule has 9 heteroatoms. The van der Waals surface area contributed by atoms with E-state index in [-0.39, 0.29) is 30.3 Å². The minimum atomic E-state index is -0.542. The summed E-state index contributed by atoms with van der Waals surface area (Å²) in [5.74, 6) is 1.56. The highest BCUT2D eigenvalue weighted by atomic mass is 16.5. The van der Waals surface area contributed by atoms with Crippen molar-refractivity contribution < 1.29 is 18.7 Å². The number of ether oxygens (including phenoxy) is 1. The van der Waals surface area contributed by atoms with Crippen LogP contribution in [0.2, 0.25) is 0 Å². The Kier molecular flexibility index (Phi) is 4.26. The van der Waals surface area contributed by atoms with Gasteiger partial charge in [0.05, 0.1) is 13.1 Å². The lowest BCUT2D eigenvalue weighted by Crippen LogP contribution is -2.46. The van der Waals surface area contributed by atoms with Crippen LogP contribution in [0.15, 0.2) is 16.5 Å². The van der Waals surface area contributed by atoms with Crippen molar-refractivity contribution in [3.05, 3.63) is 35.3 Å². The van der Waals surface area contributed by atoms with E-state index < -0.39 is 5.60 Å². The molecule has 2 amide bonds. The van der Waals surface area contributed by atoms with E-state index in [1.165, 1.54) is 0 Å². The SMILES string of the molecule is Cc1ccc(C(=O)N2CCC3(C2)Cn2c(nnc2C(=O)NC(C)C)CO3)o1. The first-order valence-electron chi connectivity index (χ1n) is 9.09. The average molecular weight is 373 g/mol. The number of likely N-dealkylation sites (tertiary alicyclic amines) is 1. The Labute approximate surface area is 156 Å². The Morgan fingerprint density at radius 2 is 2.07 bits per heavy atom. The maximum atomic E-state index is 12.7. The van der Waals surface area contributed by atoms with Gasteiger partial charge in [0.25, 0.3) is 11.8 Å². The number of hydrogen-bond acceptors (Lipinski definition) is 6. The average Bonchev–Trinajstić information content (AvgIpc) is 3.32. The Morgan fingerprint density at radius 1 is 1.26 bits per heavy atom. The van der Waals surface area contributed by atoms with E-state index in [0.717, 1.165) is 0 Å². The minimum Gasteiger partial charge on any atom is -0.456 e. The molecule has 9 nitrogen and oxygen atoms in total. The largest absolute Gasteiger partial charge is 0.456 e. The normalized spacial score (nSPS) is 21.7. The van der Waals surface area contributed by atoms with Crippen LogP contribution >= 0.6 is 0 Å². The Balaban J connectivity index is 1.52. The summed E-state index contributed by atoms with van der Waals surface area (Å²) in [6, 6.07) is 3.48. The molecular formula is C18H23N5O4. The molecule has 0 bridgehead atoms. The third-order valence-corrected chi connectivity index (χ3v) is 4.96. The molecule has 1 unspecified atom stereocenters. The van der Waals surface area contributed by atoms with Crippen LogP contribution in [0, 0.1) is 6.92 Å². The smallest absolute Gasteiger partial charge is 0.289 e. The summed E-state index contributed by atoms with van der Waals surface area (Å²) in [6.07, 6.45) is 0.682. The first-order valence-corrected chi connectivity index (χ1v) is 9.09. The lowest BCUT2D eigenvalue weighted by Gasteiger charge is -2.34. The Hall–Kier alpha value is -2.68. The number of furan rings is 1. The van der Waals surface area contributed by atoms with Crippen LogP contribution in [0.1, 0.15) is 53.0 Å². The van der Waals surface area contributed by atoms with Gasteiger partial charge in [0.1, 0.15) is 18.0 Å². The number of fused-ring (bicyclic) bond motifs is 1. The topological polar surface area (TPSA) is 102 Å². The van der Waals surface area contributed by atoms with Gasteiger partial charge in [0.2, 0.25) is 5.82 Å². The van der Waals surface area contributed by atoms with E-state index in [9.17, 15) is 9.59 Å². The summed E-state index contributed by atoms with van der Waals surface area (Å²) in [4.78, 5) is 26.8. The summed E-state index contributed by atoms with van der Waals surface area (Å²) in [5.41, 5.74) is -0.542. The van der Waals surface area contributed by atoms with Crippen molar-refractivity contribution in [3.63, 3.8) is 0 Å². The monoisotopic (exact) mass is 373 g/mol. The zero-order chi connectivity index (χ0) is 19.2. The van der Waals surface area contributed by atoms with Crippen molar-refractivity contribution in [2.24, 2.45) is 0 Å². The maximum absolute atomic E-state index is 12.7. The van der Waals surface area contributed by atoms with Gasteiger partial charge in [-0.15, -0.1) is 10.2 Å². The van der Waals surface area contributed by atoms with Gasteiger partial charge in [-0.3, -0.25) is 9.59 Å². The highest BCUT2D eigenvalue weighted by Gasteiger charge is 2.45. The second kappa shape index (κ2) is 6.49. The number of aryl methyl sites for hydroxylation is 1. The molecule has 2 aliphatic heterocycles. The Morgan fingerprint density at radius 3 is 2.78 bits per heavy atom. The second-order valence-corrected chi connectivity index (χ2v) is 7.51. The quantitative estimate of drug-likeness (QED) is 0.865. The molecule has 1 atom stereocenters. The first kappa shape index (κ1) is 17.7. The van der Waals surface area contributed by atoms with Gasteiger partial charge in [0, 0.05) is 12.6 Å². The summed E-state index contributed by atoms with van der Waals surface area (Å²) in [6.45, 7) is 7.32. The van der Waals surface area contributed by atoms with Crippen molar-refractivity contribution in [3.8, 4) is 0 Å². The van der Waals surface area contributed by atoms with Crippen LogP contribution in [-0.4, -0.2) is 56.2 Å². The lowest BCUT2D eigenvalue weighted by atomic mass is 10.0. The van der Waals surface area contributed by atoms with Crippen LogP contribution in [0.5, 0.6) is 0 Å². The molecule has 1 spiro atoms. The first-order chi connectivity index (χ1) is 12.9. The third-order valence-electron chi connectivity index (χ3n) is 4.96. The predicted molar refractivity (Wildman–Crippen MR) is 94.1 cm³/mol. The van der Waals surface area contributed by atoms with Gasteiger partial charge < -0.3 is 23.9 Å². The van der Waals surface area contributed by atoms with Crippen molar-refractivity contribution in [1.82, 2.24) is 25.0 Å². The number of carbonyl (C=O) groups excluding carboxylic acids is 2. The minimum absolute atomic E-state index is 0.00981. The molecule has 144 valence electrons. The lowest BCUT2D eigenvalue weighted by molar-refractivity contribution is -0.0812. The van der Waals surface area contributed by atoms with Gasteiger partial charge in [-0.05, 0) is 39.3 Å². The van der Waals surface area contributed by atoms with E-state index in [4.69, 9.17) is 9.15 Å². The standard InChI is InChI=1S/C18H23N5O4/c1-11(2)19-16(24)15-21-20-14-8-26-18(10-23(14)15)6-7-22(9-18)17(25)13-5-4-12(3)27-13/h4-5,11H,6-10H2,1-3H3,(H,19,24). The Bertz CT molecular complexity index is 886. The number of nitrogens with zero attached hydrogens (tertiary/aromatic N) is 4. The maximum Gasteiger partial charge on any atom is 0.289 e. The number of rotatable bonds is 3. The number of nitrogens with one attached hydrogen (secondary N) is 1. The zero-order valence-corrected chi connectivity index (χ0v) is 15.7. The molecule has 2 aliphatic rings. The van der Waals surface area contributed by atoms with E-state index in [0.29, 0.717) is 43.4 Å². The highest BCUT2D eigenvalue weighted by molar-refractivity contribution is 5.92. The van der Waals surface area contributed by atoms with Gasteiger partial charge in [-0.1, -0.05) is 0 Å². The fourth-order valence-electron chi connectivity index (χ4n) is 3.62. The van der Waals surface area contributed by atoms with E-state index in [2.05, 4.69) is 15.5 Å². The van der Waals surface area contributed by atoms with Crippen LogP contribution < -0.4 is 5.32 Å². The summed E-state index contributed by atoms with van der Waals surface area (Å²) in [7, 11) is 0. The summed E-state index contributed by atoms with van der Waals surface area (Å²) < 4.78 is 13.3. The van der Waals surface area contributed by atoms with E-state index in [1.807, 2.05) is 25.3 Å². The molecular weight excluding hydrogens is 350 g/mol. The number of amides is 2. The summed E-state index contributed by atoms with van der Waals surface area (Å²) >= 11 is 0.